The van der Waals surface area contributed by atoms with E-state index in [1.807, 2.05) is 0 Å². The van der Waals surface area contributed by atoms with E-state index in [1.165, 1.54) is 14.0 Å². The summed E-state index contributed by atoms with van der Waals surface area (Å²) in [6.07, 6.45) is -0.928. The Kier molecular flexibility index (Phi) is 4.76. The van der Waals surface area contributed by atoms with Crippen LogP contribution in [-0.4, -0.2) is 42.2 Å². The van der Waals surface area contributed by atoms with E-state index in [1.54, 1.807) is 0 Å². The first kappa shape index (κ1) is 10.3. The zero-order valence-electron chi connectivity index (χ0n) is 6.57. The Morgan fingerprint density at radius 3 is 2.55 bits per heavy atom. The van der Waals surface area contributed by atoms with Gasteiger partial charge in [0.2, 0.25) is 0 Å². The zero-order chi connectivity index (χ0) is 8.85. The number of rotatable bonds is 5. The molecule has 0 radical (unpaired) electrons. The lowest BCUT2D eigenvalue weighted by Crippen LogP contribution is -2.45. The standard InChI is InChI=1S/C6H13NO4/c1-4(8)5(6(9)10)7-3-11-2/h4-5,7-8H,3H2,1-2H3,(H,9,10). The molecule has 0 aliphatic rings. The van der Waals surface area contributed by atoms with Crippen LogP contribution in [0.3, 0.4) is 0 Å². The second-order valence-electron chi connectivity index (χ2n) is 2.19. The van der Waals surface area contributed by atoms with Crippen LogP contribution in [0.5, 0.6) is 0 Å². The van der Waals surface area contributed by atoms with Gasteiger partial charge in [0.25, 0.3) is 0 Å². The molecule has 2 unspecified atom stereocenters. The molecule has 3 N–H and O–H groups in total. The summed E-state index contributed by atoms with van der Waals surface area (Å²) in [5.41, 5.74) is 0. The molecule has 5 heteroatoms. The number of aliphatic carboxylic acids is 1. The quantitative estimate of drug-likeness (QED) is 0.454. The maximum atomic E-state index is 10.4. The molecule has 0 bridgehead atoms. The van der Waals surface area contributed by atoms with Gasteiger partial charge in [0, 0.05) is 7.11 Å². The molecule has 0 spiro atoms. The van der Waals surface area contributed by atoms with Crippen molar-refractivity contribution in [1.29, 1.82) is 0 Å². The van der Waals surface area contributed by atoms with E-state index in [0.717, 1.165) is 0 Å². The molecule has 0 aliphatic heterocycles. The van der Waals surface area contributed by atoms with Crippen LogP contribution in [0.15, 0.2) is 0 Å². The Hall–Kier alpha value is -0.650. The molecule has 0 aliphatic carbocycles. The van der Waals surface area contributed by atoms with Gasteiger partial charge in [-0.3, -0.25) is 10.1 Å². The molecule has 0 rings (SSSR count). The van der Waals surface area contributed by atoms with Crippen molar-refractivity contribution in [1.82, 2.24) is 5.32 Å². The first-order valence-corrected chi connectivity index (χ1v) is 3.22. The number of carboxylic acids is 1. The molecule has 2 atom stereocenters. The smallest absolute Gasteiger partial charge is 0.323 e. The van der Waals surface area contributed by atoms with Crippen LogP contribution in [0.2, 0.25) is 0 Å². The fourth-order valence-electron chi connectivity index (χ4n) is 0.637. The van der Waals surface area contributed by atoms with E-state index in [9.17, 15) is 4.79 Å². The van der Waals surface area contributed by atoms with Gasteiger partial charge in [-0.1, -0.05) is 0 Å². The summed E-state index contributed by atoms with van der Waals surface area (Å²) in [6, 6.07) is -0.963. The number of carboxylic acid groups (broad SMARTS) is 1. The van der Waals surface area contributed by atoms with Crippen molar-refractivity contribution >= 4 is 5.97 Å². The molecular formula is C6H13NO4. The van der Waals surface area contributed by atoms with Crippen molar-refractivity contribution in [2.24, 2.45) is 0 Å². The molecule has 0 amide bonds. The van der Waals surface area contributed by atoms with Crippen LogP contribution >= 0.6 is 0 Å². The number of hydrogen-bond acceptors (Lipinski definition) is 4. The molecule has 0 saturated carbocycles. The van der Waals surface area contributed by atoms with Gasteiger partial charge in [0.05, 0.1) is 12.8 Å². The maximum Gasteiger partial charge on any atom is 0.323 e. The van der Waals surface area contributed by atoms with Gasteiger partial charge in [-0.05, 0) is 6.92 Å². The molecule has 11 heavy (non-hydrogen) atoms. The summed E-state index contributed by atoms with van der Waals surface area (Å²) < 4.78 is 4.59. The zero-order valence-corrected chi connectivity index (χ0v) is 6.57. The van der Waals surface area contributed by atoms with E-state index in [4.69, 9.17) is 10.2 Å². The van der Waals surface area contributed by atoms with E-state index in [-0.39, 0.29) is 6.73 Å². The molecule has 5 nitrogen and oxygen atoms in total. The number of ether oxygens (including phenoxy) is 1. The third-order valence-electron chi connectivity index (χ3n) is 1.20. The average Bonchev–Trinajstić information content (AvgIpc) is 1.87. The second-order valence-corrected chi connectivity index (χ2v) is 2.19. The molecule has 0 aromatic rings. The van der Waals surface area contributed by atoms with Gasteiger partial charge in [-0.2, -0.15) is 0 Å². The van der Waals surface area contributed by atoms with E-state index in [2.05, 4.69) is 10.1 Å². The Bertz CT molecular complexity index is 126. The highest BCUT2D eigenvalue weighted by Crippen LogP contribution is 1.91. The van der Waals surface area contributed by atoms with Gasteiger partial charge >= 0.3 is 5.97 Å². The van der Waals surface area contributed by atoms with Crippen LogP contribution in [0.1, 0.15) is 6.92 Å². The van der Waals surface area contributed by atoms with Crippen LogP contribution in [0.4, 0.5) is 0 Å². The Morgan fingerprint density at radius 2 is 2.27 bits per heavy atom. The lowest BCUT2D eigenvalue weighted by molar-refractivity contribution is -0.142. The summed E-state index contributed by atoms with van der Waals surface area (Å²) in [4.78, 5) is 10.4. The molecule has 0 saturated heterocycles. The minimum atomic E-state index is -1.09. The SMILES string of the molecule is COCNC(C(=O)O)C(C)O. The van der Waals surface area contributed by atoms with Gasteiger partial charge in [-0.25, -0.2) is 0 Å². The molecule has 0 fully saturated rings. The van der Waals surface area contributed by atoms with Gasteiger partial charge in [0.1, 0.15) is 6.04 Å². The van der Waals surface area contributed by atoms with Crippen molar-refractivity contribution in [3.63, 3.8) is 0 Å². The monoisotopic (exact) mass is 163 g/mol. The molecule has 0 aromatic heterocycles. The Morgan fingerprint density at radius 1 is 1.73 bits per heavy atom. The predicted octanol–water partition coefficient (Wildman–Crippen LogP) is -0.986. The van der Waals surface area contributed by atoms with Crippen LogP contribution < -0.4 is 5.32 Å². The molecule has 0 heterocycles. The number of carbonyl (C=O) groups is 1. The number of aliphatic hydroxyl groups is 1. The maximum absolute atomic E-state index is 10.4. The third kappa shape index (κ3) is 3.92. The number of hydrogen-bond donors (Lipinski definition) is 3. The lowest BCUT2D eigenvalue weighted by atomic mass is 10.2. The third-order valence-corrected chi connectivity index (χ3v) is 1.20. The summed E-state index contributed by atoms with van der Waals surface area (Å²) >= 11 is 0. The number of nitrogens with one attached hydrogen (secondary N) is 1. The van der Waals surface area contributed by atoms with Gasteiger partial charge in [0.15, 0.2) is 0 Å². The fourth-order valence-corrected chi connectivity index (χ4v) is 0.637. The molecular weight excluding hydrogens is 150 g/mol. The van der Waals surface area contributed by atoms with Crippen LogP contribution in [0.25, 0.3) is 0 Å². The Balaban J connectivity index is 3.80. The van der Waals surface area contributed by atoms with Crippen molar-refractivity contribution in [3.8, 4) is 0 Å². The fraction of sp³-hybridized carbons (Fsp3) is 0.833. The highest BCUT2D eigenvalue weighted by molar-refractivity contribution is 5.74. The van der Waals surface area contributed by atoms with Gasteiger partial charge in [-0.15, -0.1) is 0 Å². The molecule has 66 valence electrons. The van der Waals surface area contributed by atoms with Crippen molar-refractivity contribution in [2.75, 3.05) is 13.8 Å². The van der Waals surface area contributed by atoms with Crippen molar-refractivity contribution in [3.05, 3.63) is 0 Å². The average molecular weight is 163 g/mol. The van der Waals surface area contributed by atoms with Crippen molar-refractivity contribution < 1.29 is 19.7 Å². The van der Waals surface area contributed by atoms with E-state index < -0.39 is 18.1 Å². The van der Waals surface area contributed by atoms with Crippen LogP contribution in [0, 0.1) is 0 Å². The summed E-state index contributed by atoms with van der Waals surface area (Å²) in [5.74, 6) is -1.09. The predicted molar refractivity (Wildman–Crippen MR) is 38.1 cm³/mol. The van der Waals surface area contributed by atoms with Crippen LogP contribution in [-0.2, 0) is 9.53 Å². The number of methoxy groups -OCH3 is 1. The van der Waals surface area contributed by atoms with Crippen molar-refractivity contribution in [2.45, 2.75) is 19.1 Å². The molecule has 0 aromatic carbocycles. The van der Waals surface area contributed by atoms with E-state index >= 15 is 0 Å². The first-order valence-electron chi connectivity index (χ1n) is 3.22. The van der Waals surface area contributed by atoms with E-state index in [0.29, 0.717) is 0 Å². The largest absolute Gasteiger partial charge is 0.480 e. The first-order chi connectivity index (χ1) is 5.09. The topological polar surface area (TPSA) is 78.8 Å². The Labute approximate surface area is 65.0 Å². The lowest BCUT2D eigenvalue weighted by Gasteiger charge is -2.15. The highest BCUT2D eigenvalue weighted by Gasteiger charge is 2.21. The summed E-state index contributed by atoms with van der Waals surface area (Å²) in [5, 5.41) is 19.9. The minimum absolute atomic E-state index is 0.113. The number of aliphatic hydroxyl groups excluding tert-OH is 1. The van der Waals surface area contributed by atoms with Gasteiger partial charge < -0.3 is 14.9 Å². The minimum Gasteiger partial charge on any atom is -0.480 e. The highest BCUT2D eigenvalue weighted by atomic mass is 16.5. The normalized spacial score (nSPS) is 15.9. The summed E-state index contributed by atoms with van der Waals surface area (Å²) in [6.45, 7) is 1.52. The summed E-state index contributed by atoms with van der Waals surface area (Å²) in [7, 11) is 1.44. The second kappa shape index (κ2) is 5.06.